The van der Waals surface area contributed by atoms with Crippen LogP contribution in [0.25, 0.3) is 0 Å². The topological polar surface area (TPSA) is 30.5 Å². The molecule has 0 saturated heterocycles. The van der Waals surface area contributed by atoms with Crippen LogP contribution in [0.1, 0.15) is 24.8 Å². The van der Waals surface area contributed by atoms with Crippen molar-refractivity contribution in [3.63, 3.8) is 0 Å². The summed E-state index contributed by atoms with van der Waals surface area (Å²) in [5.41, 5.74) is 0. The molecule has 15 heavy (non-hydrogen) atoms. The van der Waals surface area contributed by atoms with E-state index in [1.807, 2.05) is 32.3 Å². The maximum absolute atomic E-state index is 5.61. The van der Waals surface area contributed by atoms with Gasteiger partial charge in [-0.05, 0) is 32.3 Å². The molecule has 0 aliphatic heterocycles. The first-order valence-corrected chi connectivity index (χ1v) is 5.97. The van der Waals surface area contributed by atoms with E-state index in [1.165, 1.54) is 4.88 Å². The quantitative estimate of drug-likeness (QED) is 0.812. The Morgan fingerprint density at radius 1 is 1.47 bits per heavy atom. The molecule has 86 valence electrons. The molecule has 0 amide bonds. The molecule has 1 unspecified atom stereocenters. The largest absolute Gasteiger partial charge is 0.496 e. The van der Waals surface area contributed by atoms with Crippen molar-refractivity contribution in [2.75, 3.05) is 20.8 Å². The van der Waals surface area contributed by atoms with E-state index in [2.05, 4.69) is 5.32 Å². The van der Waals surface area contributed by atoms with Crippen molar-refractivity contribution in [1.82, 2.24) is 5.32 Å². The lowest BCUT2D eigenvalue weighted by Crippen LogP contribution is -2.23. The third kappa shape index (κ3) is 3.48. The second kappa shape index (κ2) is 6.10. The zero-order valence-electron chi connectivity index (χ0n) is 9.74. The molecule has 4 heteroatoms. The molecule has 0 fully saturated rings. The Hall–Kier alpha value is -0.580. The Bertz CT molecular complexity index is 286. The molecule has 0 aliphatic rings. The van der Waals surface area contributed by atoms with Gasteiger partial charge in [0.2, 0.25) is 0 Å². The van der Waals surface area contributed by atoms with Gasteiger partial charge < -0.3 is 14.8 Å². The summed E-state index contributed by atoms with van der Waals surface area (Å²) in [6.07, 6.45) is 0.256. The van der Waals surface area contributed by atoms with Gasteiger partial charge in [0.1, 0.15) is 5.75 Å². The minimum Gasteiger partial charge on any atom is -0.496 e. The summed E-state index contributed by atoms with van der Waals surface area (Å²) in [4.78, 5) is 1.20. The lowest BCUT2D eigenvalue weighted by molar-refractivity contribution is 0.0628. The fraction of sp³-hybridized carbons (Fsp3) is 0.636. The maximum Gasteiger partial charge on any atom is 0.134 e. The van der Waals surface area contributed by atoms with E-state index in [0.29, 0.717) is 6.61 Å². The van der Waals surface area contributed by atoms with Crippen molar-refractivity contribution in [3.05, 3.63) is 16.3 Å². The molecule has 0 aliphatic carbocycles. The molecule has 1 heterocycles. The minimum atomic E-state index is 0.211. The SMILES string of the molecule is CNC(COC(C)C)c1sccc1OC. The van der Waals surface area contributed by atoms with Gasteiger partial charge in [0, 0.05) is 0 Å². The van der Waals surface area contributed by atoms with Crippen LogP contribution in [0.15, 0.2) is 11.4 Å². The standard InChI is InChI=1S/C11H19NO2S/c1-8(2)14-7-9(12-3)11-10(13-4)5-6-15-11/h5-6,8-9,12H,7H2,1-4H3. The second-order valence-electron chi connectivity index (χ2n) is 3.58. The van der Waals surface area contributed by atoms with E-state index >= 15 is 0 Å². The average molecular weight is 229 g/mol. The van der Waals surface area contributed by atoms with Crippen LogP contribution in [0.4, 0.5) is 0 Å². The molecule has 1 rings (SSSR count). The molecule has 0 aromatic carbocycles. The van der Waals surface area contributed by atoms with Crippen LogP contribution in [0, 0.1) is 0 Å². The molecular weight excluding hydrogens is 210 g/mol. The maximum atomic E-state index is 5.61. The van der Waals surface area contributed by atoms with Crippen molar-refractivity contribution in [1.29, 1.82) is 0 Å². The van der Waals surface area contributed by atoms with E-state index in [0.717, 1.165) is 5.75 Å². The predicted octanol–water partition coefficient (Wildman–Crippen LogP) is 2.44. The first kappa shape index (κ1) is 12.5. The Morgan fingerprint density at radius 3 is 2.73 bits per heavy atom. The highest BCUT2D eigenvalue weighted by molar-refractivity contribution is 7.10. The molecule has 1 aromatic heterocycles. The van der Waals surface area contributed by atoms with E-state index in [9.17, 15) is 0 Å². The van der Waals surface area contributed by atoms with Crippen LogP contribution in [-0.2, 0) is 4.74 Å². The highest BCUT2D eigenvalue weighted by Crippen LogP contribution is 2.30. The number of hydrogen-bond donors (Lipinski definition) is 1. The van der Waals surface area contributed by atoms with Gasteiger partial charge in [-0.25, -0.2) is 0 Å². The summed E-state index contributed by atoms with van der Waals surface area (Å²) in [6.45, 7) is 4.75. The van der Waals surface area contributed by atoms with Crippen LogP contribution >= 0.6 is 11.3 Å². The summed E-state index contributed by atoms with van der Waals surface area (Å²) in [5, 5.41) is 5.28. The molecule has 1 atom stereocenters. The monoisotopic (exact) mass is 229 g/mol. The number of hydrogen-bond acceptors (Lipinski definition) is 4. The normalized spacial score (nSPS) is 13.1. The third-order valence-electron chi connectivity index (χ3n) is 2.14. The number of nitrogens with one attached hydrogen (secondary N) is 1. The van der Waals surface area contributed by atoms with Crippen LogP contribution in [0.2, 0.25) is 0 Å². The Balaban J connectivity index is 2.65. The fourth-order valence-electron chi connectivity index (χ4n) is 1.31. The molecule has 0 spiro atoms. The highest BCUT2D eigenvalue weighted by Gasteiger charge is 2.16. The van der Waals surface area contributed by atoms with E-state index in [-0.39, 0.29) is 12.1 Å². The number of ether oxygens (including phenoxy) is 2. The van der Waals surface area contributed by atoms with Gasteiger partial charge in [0.05, 0.1) is 30.7 Å². The smallest absolute Gasteiger partial charge is 0.134 e. The molecular formula is C11H19NO2S. The second-order valence-corrected chi connectivity index (χ2v) is 4.52. The van der Waals surface area contributed by atoms with Crippen LogP contribution < -0.4 is 10.1 Å². The fourth-order valence-corrected chi connectivity index (χ4v) is 2.27. The molecule has 1 N–H and O–H groups in total. The summed E-state index contributed by atoms with van der Waals surface area (Å²) >= 11 is 1.69. The highest BCUT2D eigenvalue weighted by atomic mass is 32.1. The predicted molar refractivity (Wildman–Crippen MR) is 63.8 cm³/mol. The number of methoxy groups -OCH3 is 1. The van der Waals surface area contributed by atoms with E-state index < -0.39 is 0 Å². The summed E-state index contributed by atoms with van der Waals surface area (Å²) in [5.74, 6) is 0.937. The number of thiophene rings is 1. The van der Waals surface area contributed by atoms with Gasteiger partial charge in [-0.3, -0.25) is 0 Å². The zero-order valence-corrected chi connectivity index (χ0v) is 10.6. The minimum absolute atomic E-state index is 0.211. The average Bonchev–Trinajstić information content (AvgIpc) is 2.66. The van der Waals surface area contributed by atoms with Gasteiger partial charge in [-0.1, -0.05) is 0 Å². The van der Waals surface area contributed by atoms with Crippen LogP contribution in [0.5, 0.6) is 5.75 Å². The van der Waals surface area contributed by atoms with Gasteiger partial charge >= 0.3 is 0 Å². The van der Waals surface area contributed by atoms with E-state index in [1.54, 1.807) is 18.4 Å². The summed E-state index contributed by atoms with van der Waals surface area (Å²) in [6, 6.07) is 2.20. The Labute approximate surface area is 95.4 Å². The molecule has 0 radical (unpaired) electrons. The lowest BCUT2D eigenvalue weighted by atomic mass is 10.2. The summed E-state index contributed by atoms with van der Waals surface area (Å²) < 4.78 is 10.9. The van der Waals surface area contributed by atoms with Gasteiger partial charge in [-0.2, -0.15) is 0 Å². The molecule has 0 bridgehead atoms. The van der Waals surface area contributed by atoms with Gasteiger partial charge in [-0.15, -0.1) is 11.3 Å². The molecule has 1 aromatic rings. The lowest BCUT2D eigenvalue weighted by Gasteiger charge is -2.17. The number of rotatable bonds is 6. The number of likely N-dealkylation sites (N-methyl/N-ethyl adjacent to an activating group) is 1. The van der Waals surface area contributed by atoms with Crippen LogP contribution in [0.3, 0.4) is 0 Å². The van der Waals surface area contributed by atoms with Crippen molar-refractivity contribution >= 4 is 11.3 Å². The first-order chi connectivity index (χ1) is 7.19. The summed E-state index contributed by atoms with van der Waals surface area (Å²) in [7, 11) is 3.63. The third-order valence-corrected chi connectivity index (χ3v) is 3.15. The zero-order chi connectivity index (χ0) is 11.3. The Morgan fingerprint density at radius 2 is 2.20 bits per heavy atom. The van der Waals surface area contributed by atoms with E-state index in [4.69, 9.17) is 9.47 Å². The Kier molecular flexibility index (Phi) is 5.08. The van der Waals surface area contributed by atoms with Crippen molar-refractivity contribution < 1.29 is 9.47 Å². The first-order valence-electron chi connectivity index (χ1n) is 5.09. The van der Waals surface area contributed by atoms with Crippen molar-refractivity contribution in [2.45, 2.75) is 26.0 Å². The van der Waals surface area contributed by atoms with Crippen molar-refractivity contribution in [2.24, 2.45) is 0 Å². The van der Waals surface area contributed by atoms with Crippen LogP contribution in [-0.4, -0.2) is 26.9 Å². The molecule has 3 nitrogen and oxygen atoms in total. The van der Waals surface area contributed by atoms with Crippen molar-refractivity contribution in [3.8, 4) is 5.75 Å². The van der Waals surface area contributed by atoms with Gasteiger partial charge in [0.15, 0.2) is 0 Å². The van der Waals surface area contributed by atoms with Gasteiger partial charge in [0.25, 0.3) is 0 Å². The molecule has 0 saturated carbocycles.